The lowest BCUT2D eigenvalue weighted by Gasteiger charge is -2.06. The summed E-state index contributed by atoms with van der Waals surface area (Å²) in [4.78, 5) is 0. The van der Waals surface area contributed by atoms with Crippen molar-refractivity contribution in [2.75, 3.05) is 13.2 Å². The minimum atomic E-state index is 0.744. The third kappa shape index (κ3) is 5.53. The van der Waals surface area contributed by atoms with Gasteiger partial charge < -0.3 is 9.47 Å². The van der Waals surface area contributed by atoms with Crippen LogP contribution in [0.25, 0.3) is 10.8 Å². The molecule has 3 rings (SSSR count). The zero-order valence-electron chi connectivity index (χ0n) is 16.1. The van der Waals surface area contributed by atoms with Crippen molar-refractivity contribution < 1.29 is 9.47 Å². The molecule has 27 heavy (non-hydrogen) atoms. The molecular weight excluding hydrogens is 332 g/mol. The highest BCUT2D eigenvalue weighted by atomic mass is 16.5. The maximum atomic E-state index is 5.79. The first-order chi connectivity index (χ1) is 13.3. The second-order valence-electron chi connectivity index (χ2n) is 6.55. The molecule has 3 aromatic rings. The smallest absolute Gasteiger partial charge is 0.119 e. The molecule has 0 aliphatic heterocycles. The van der Waals surface area contributed by atoms with E-state index in [-0.39, 0.29) is 0 Å². The summed E-state index contributed by atoms with van der Waals surface area (Å²) < 4.78 is 11.4. The van der Waals surface area contributed by atoms with Crippen molar-refractivity contribution in [2.45, 2.75) is 33.1 Å². The van der Waals surface area contributed by atoms with Crippen LogP contribution in [0, 0.1) is 11.8 Å². The Morgan fingerprint density at radius 3 is 2.04 bits per heavy atom. The molecule has 0 bridgehead atoms. The van der Waals surface area contributed by atoms with Crippen molar-refractivity contribution in [2.24, 2.45) is 0 Å². The summed E-state index contributed by atoms with van der Waals surface area (Å²) in [6.45, 7) is 5.78. The van der Waals surface area contributed by atoms with Gasteiger partial charge in [0, 0.05) is 11.1 Å². The highest BCUT2D eigenvalue weighted by Crippen LogP contribution is 2.22. The Balaban J connectivity index is 1.70. The Labute approximate surface area is 162 Å². The minimum Gasteiger partial charge on any atom is -0.494 e. The summed E-state index contributed by atoms with van der Waals surface area (Å²) in [6, 6.07) is 20.5. The van der Waals surface area contributed by atoms with E-state index in [9.17, 15) is 0 Å². The fourth-order valence-electron chi connectivity index (χ4n) is 2.72. The van der Waals surface area contributed by atoms with Gasteiger partial charge in [-0.25, -0.2) is 0 Å². The fraction of sp³-hybridized carbons (Fsp3) is 0.280. The van der Waals surface area contributed by atoms with Gasteiger partial charge in [0.2, 0.25) is 0 Å². The van der Waals surface area contributed by atoms with Crippen molar-refractivity contribution in [3.8, 4) is 23.3 Å². The van der Waals surface area contributed by atoms with Gasteiger partial charge in [0.05, 0.1) is 13.2 Å². The Kier molecular flexibility index (Phi) is 6.77. The van der Waals surface area contributed by atoms with E-state index in [2.05, 4.69) is 56.0 Å². The van der Waals surface area contributed by atoms with Crippen molar-refractivity contribution in [3.63, 3.8) is 0 Å². The van der Waals surface area contributed by atoms with Gasteiger partial charge in [-0.2, -0.15) is 0 Å². The molecule has 3 aromatic carbocycles. The van der Waals surface area contributed by atoms with Crippen molar-refractivity contribution >= 4 is 10.8 Å². The fourth-order valence-corrected chi connectivity index (χ4v) is 2.72. The Hall–Kier alpha value is -2.92. The molecule has 0 saturated carbocycles. The van der Waals surface area contributed by atoms with Crippen molar-refractivity contribution in [1.82, 2.24) is 0 Å². The SMILES string of the molecule is CCCCOc1ccc2cc(C#Cc3ccc(OCCC)cc3)ccc2c1. The van der Waals surface area contributed by atoms with Crippen LogP contribution in [-0.2, 0) is 0 Å². The Bertz CT molecular complexity index is 930. The van der Waals surface area contributed by atoms with Gasteiger partial charge in [0.15, 0.2) is 0 Å². The normalized spacial score (nSPS) is 10.3. The molecule has 0 atom stereocenters. The molecule has 0 aromatic heterocycles. The predicted molar refractivity (Wildman–Crippen MR) is 113 cm³/mol. The molecule has 138 valence electrons. The molecule has 2 heteroatoms. The molecule has 0 aliphatic carbocycles. The monoisotopic (exact) mass is 358 g/mol. The third-order valence-electron chi connectivity index (χ3n) is 4.26. The van der Waals surface area contributed by atoms with Crippen molar-refractivity contribution in [3.05, 3.63) is 71.8 Å². The first-order valence-electron chi connectivity index (χ1n) is 9.70. The highest BCUT2D eigenvalue weighted by Gasteiger charge is 1.99. The number of hydrogen-bond donors (Lipinski definition) is 0. The number of hydrogen-bond acceptors (Lipinski definition) is 2. The summed E-state index contributed by atoms with van der Waals surface area (Å²) >= 11 is 0. The molecule has 0 aliphatic rings. The third-order valence-corrected chi connectivity index (χ3v) is 4.26. The van der Waals surface area contributed by atoms with Gasteiger partial charge >= 0.3 is 0 Å². The quantitative estimate of drug-likeness (QED) is 0.369. The number of unbranched alkanes of at least 4 members (excludes halogenated alkanes) is 1. The van der Waals surface area contributed by atoms with Gasteiger partial charge in [-0.15, -0.1) is 0 Å². The average Bonchev–Trinajstić information content (AvgIpc) is 2.71. The molecule has 0 radical (unpaired) electrons. The second-order valence-corrected chi connectivity index (χ2v) is 6.55. The maximum absolute atomic E-state index is 5.79. The van der Waals surface area contributed by atoms with E-state index in [0.29, 0.717) is 0 Å². The summed E-state index contributed by atoms with van der Waals surface area (Å²) in [5.41, 5.74) is 1.99. The molecular formula is C25H26O2. The van der Waals surface area contributed by atoms with Crippen LogP contribution >= 0.6 is 0 Å². The van der Waals surface area contributed by atoms with E-state index in [1.54, 1.807) is 0 Å². The lowest BCUT2D eigenvalue weighted by molar-refractivity contribution is 0.310. The van der Waals surface area contributed by atoms with Crippen LogP contribution in [0.4, 0.5) is 0 Å². The van der Waals surface area contributed by atoms with E-state index in [1.165, 1.54) is 10.8 Å². The lowest BCUT2D eigenvalue weighted by atomic mass is 10.1. The van der Waals surface area contributed by atoms with Crippen LogP contribution in [0.1, 0.15) is 44.2 Å². The minimum absolute atomic E-state index is 0.744. The van der Waals surface area contributed by atoms with Crippen LogP contribution < -0.4 is 9.47 Å². The Morgan fingerprint density at radius 2 is 1.26 bits per heavy atom. The molecule has 0 spiro atoms. The first-order valence-corrected chi connectivity index (χ1v) is 9.70. The number of rotatable bonds is 7. The van der Waals surface area contributed by atoms with E-state index in [0.717, 1.165) is 55.1 Å². The molecule has 0 heterocycles. The zero-order chi connectivity index (χ0) is 18.9. The lowest BCUT2D eigenvalue weighted by Crippen LogP contribution is -1.96. The van der Waals surface area contributed by atoms with Gasteiger partial charge in [0.1, 0.15) is 11.5 Å². The summed E-state index contributed by atoms with van der Waals surface area (Å²) in [5.74, 6) is 8.30. The van der Waals surface area contributed by atoms with Crippen LogP contribution in [0.5, 0.6) is 11.5 Å². The standard InChI is InChI=1S/C25H26O2/c1-3-5-17-27-25-15-12-22-18-21(8-11-23(22)19-25)7-6-20-9-13-24(14-10-20)26-16-4-2/h8-15,18-19H,3-5,16-17H2,1-2H3. The predicted octanol–water partition coefficient (Wildman–Crippen LogP) is 6.21. The first kappa shape index (κ1) is 18.9. The summed E-state index contributed by atoms with van der Waals surface area (Å²) in [6.07, 6.45) is 3.23. The van der Waals surface area contributed by atoms with Crippen molar-refractivity contribution in [1.29, 1.82) is 0 Å². The van der Waals surface area contributed by atoms with Crippen LogP contribution in [0.2, 0.25) is 0 Å². The van der Waals surface area contributed by atoms with Gasteiger partial charge in [-0.1, -0.05) is 44.2 Å². The summed E-state index contributed by atoms with van der Waals surface area (Å²) in [5, 5.41) is 2.35. The topological polar surface area (TPSA) is 18.5 Å². The van der Waals surface area contributed by atoms with E-state index >= 15 is 0 Å². The molecule has 0 unspecified atom stereocenters. The van der Waals surface area contributed by atoms with Gasteiger partial charge in [-0.3, -0.25) is 0 Å². The van der Waals surface area contributed by atoms with Gasteiger partial charge in [-0.05, 0) is 72.1 Å². The van der Waals surface area contributed by atoms with E-state index in [1.807, 2.05) is 30.3 Å². The number of benzene rings is 3. The average molecular weight is 358 g/mol. The Morgan fingerprint density at radius 1 is 0.630 bits per heavy atom. The van der Waals surface area contributed by atoms with Crippen LogP contribution in [0.15, 0.2) is 60.7 Å². The number of fused-ring (bicyclic) bond motifs is 1. The zero-order valence-corrected chi connectivity index (χ0v) is 16.1. The largest absolute Gasteiger partial charge is 0.494 e. The van der Waals surface area contributed by atoms with Gasteiger partial charge in [0.25, 0.3) is 0 Å². The number of ether oxygens (including phenoxy) is 2. The van der Waals surface area contributed by atoms with E-state index in [4.69, 9.17) is 9.47 Å². The second kappa shape index (κ2) is 9.69. The van der Waals surface area contributed by atoms with Crippen LogP contribution in [-0.4, -0.2) is 13.2 Å². The molecule has 0 saturated heterocycles. The molecule has 0 amide bonds. The molecule has 2 nitrogen and oxygen atoms in total. The summed E-state index contributed by atoms with van der Waals surface area (Å²) in [7, 11) is 0. The highest BCUT2D eigenvalue weighted by molar-refractivity contribution is 5.85. The van der Waals surface area contributed by atoms with Crippen LogP contribution in [0.3, 0.4) is 0 Å². The molecule has 0 fully saturated rings. The van der Waals surface area contributed by atoms with E-state index < -0.39 is 0 Å². The maximum Gasteiger partial charge on any atom is 0.119 e. The molecule has 0 N–H and O–H groups in total.